The number of hydrogen-bond acceptors (Lipinski definition) is 2. The van der Waals surface area contributed by atoms with E-state index in [0.717, 1.165) is 22.5 Å². The molecule has 1 atom stereocenters. The number of aromatic nitrogens is 1. The quantitative estimate of drug-likeness (QED) is 0.758. The van der Waals surface area contributed by atoms with E-state index in [0.29, 0.717) is 5.56 Å². The number of benzene rings is 2. The van der Waals surface area contributed by atoms with Crippen molar-refractivity contribution in [3.8, 4) is 0 Å². The first-order chi connectivity index (χ1) is 9.24. The lowest BCUT2D eigenvalue weighted by Crippen LogP contribution is -2.00. The largest absolute Gasteiger partial charge is 0.384 e. The lowest BCUT2D eigenvalue weighted by Gasteiger charge is -2.12. The van der Waals surface area contributed by atoms with Crippen LogP contribution in [0.4, 0.5) is 4.39 Å². The fourth-order valence-corrected chi connectivity index (χ4v) is 2.15. The highest BCUT2D eigenvalue weighted by Gasteiger charge is 2.12. The topological polar surface area (TPSA) is 33.1 Å². The Morgan fingerprint density at radius 2 is 1.68 bits per heavy atom. The fourth-order valence-electron chi connectivity index (χ4n) is 2.15. The molecular weight excluding hydrogens is 241 g/mol. The molecule has 0 radical (unpaired) electrons. The molecule has 0 amide bonds. The van der Waals surface area contributed by atoms with E-state index in [1.807, 2.05) is 42.5 Å². The van der Waals surface area contributed by atoms with Crippen LogP contribution in [0.3, 0.4) is 0 Å². The maximum Gasteiger partial charge on any atom is 0.141 e. The van der Waals surface area contributed by atoms with Gasteiger partial charge in [0.15, 0.2) is 0 Å². The van der Waals surface area contributed by atoms with Gasteiger partial charge in [0.2, 0.25) is 0 Å². The van der Waals surface area contributed by atoms with Gasteiger partial charge >= 0.3 is 0 Å². The lowest BCUT2D eigenvalue weighted by molar-refractivity contribution is 0.219. The highest BCUT2D eigenvalue weighted by atomic mass is 19.1. The van der Waals surface area contributed by atoms with Crippen LogP contribution in [-0.4, -0.2) is 10.1 Å². The van der Waals surface area contributed by atoms with Crippen molar-refractivity contribution in [1.82, 2.24) is 4.98 Å². The van der Waals surface area contributed by atoms with Crippen molar-refractivity contribution in [2.45, 2.75) is 6.10 Å². The van der Waals surface area contributed by atoms with Gasteiger partial charge < -0.3 is 5.11 Å². The number of hydrogen-bond donors (Lipinski definition) is 1. The zero-order valence-electron chi connectivity index (χ0n) is 10.1. The first-order valence-corrected chi connectivity index (χ1v) is 6.01. The molecule has 3 rings (SSSR count). The van der Waals surface area contributed by atoms with Crippen molar-refractivity contribution >= 4 is 10.8 Å². The zero-order valence-corrected chi connectivity index (χ0v) is 10.1. The van der Waals surface area contributed by atoms with Gasteiger partial charge in [0.05, 0.1) is 6.20 Å². The number of nitrogens with zero attached hydrogens (tertiary/aromatic N) is 1. The second kappa shape index (κ2) is 4.78. The summed E-state index contributed by atoms with van der Waals surface area (Å²) in [5.74, 6) is -0.447. The fraction of sp³-hybridized carbons (Fsp3) is 0.0625. The third-order valence-electron chi connectivity index (χ3n) is 3.13. The van der Waals surface area contributed by atoms with E-state index in [1.165, 1.54) is 12.3 Å². The van der Waals surface area contributed by atoms with Gasteiger partial charge in [-0.2, -0.15) is 0 Å². The van der Waals surface area contributed by atoms with Gasteiger partial charge in [-0.15, -0.1) is 0 Å². The Morgan fingerprint density at radius 1 is 0.895 bits per heavy atom. The third kappa shape index (κ3) is 2.33. The van der Waals surface area contributed by atoms with Gasteiger partial charge in [0.25, 0.3) is 0 Å². The third-order valence-corrected chi connectivity index (χ3v) is 3.13. The number of pyridine rings is 1. The number of fused-ring (bicyclic) bond motifs is 1. The molecule has 94 valence electrons. The standard InChI is InChI=1S/C16H12FNO/c17-15-8-14(9-18-10-15)16(19)13-6-5-11-3-1-2-4-12(11)7-13/h1-10,16,19H. The van der Waals surface area contributed by atoms with Crippen LogP contribution in [0.25, 0.3) is 10.8 Å². The van der Waals surface area contributed by atoms with Crippen LogP contribution in [0.2, 0.25) is 0 Å². The highest BCUT2D eigenvalue weighted by Crippen LogP contribution is 2.25. The summed E-state index contributed by atoms with van der Waals surface area (Å²) >= 11 is 0. The van der Waals surface area contributed by atoms with Gasteiger partial charge in [0.1, 0.15) is 11.9 Å². The summed E-state index contributed by atoms with van der Waals surface area (Å²) in [6, 6.07) is 14.9. The molecular formula is C16H12FNO. The molecule has 1 unspecified atom stereocenters. The van der Waals surface area contributed by atoms with E-state index < -0.39 is 11.9 Å². The second-order valence-corrected chi connectivity index (χ2v) is 4.45. The van der Waals surface area contributed by atoms with Gasteiger partial charge in [-0.1, -0.05) is 36.4 Å². The van der Waals surface area contributed by atoms with Gasteiger partial charge in [-0.05, 0) is 28.5 Å². The summed E-state index contributed by atoms with van der Waals surface area (Å²) < 4.78 is 13.1. The molecule has 0 saturated carbocycles. The zero-order chi connectivity index (χ0) is 13.2. The minimum Gasteiger partial charge on any atom is -0.384 e. The molecule has 2 aromatic carbocycles. The number of aliphatic hydroxyl groups is 1. The van der Waals surface area contributed by atoms with Crippen LogP contribution in [0.15, 0.2) is 60.9 Å². The van der Waals surface area contributed by atoms with Gasteiger partial charge in [-0.3, -0.25) is 4.98 Å². The van der Waals surface area contributed by atoms with Gasteiger partial charge in [0, 0.05) is 11.8 Å². The molecule has 0 saturated heterocycles. The van der Waals surface area contributed by atoms with Crippen molar-refractivity contribution < 1.29 is 9.50 Å². The number of halogens is 1. The number of aliphatic hydroxyl groups excluding tert-OH is 1. The summed E-state index contributed by atoms with van der Waals surface area (Å²) in [4.78, 5) is 3.76. The minimum atomic E-state index is -0.868. The molecule has 3 heteroatoms. The molecule has 0 bridgehead atoms. The summed E-state index contributed by atoms with van der Waals surface area (Å²) in [6.07, 6.45) is 1.73. The maximum atomic E-state index is 13.1. The Labute approximate surface area is 110 Å². The average molecular weight is 253 g/mol. The molecule has 0 aliphatic carbocycles. The molecule has 2 nitrogen and oxygen atoms in total. The summed E-state index contributed by atoms with van der Waals surface area (Å²) in [6.45, 7) is 0. The Balaban J connectivity index is 2.04. The van der Waals surface area contributed by atoms with E-state index in [4.69, 9.17) is 0 Å². The normalized spacial score (nSPS) is 12.5. The van der Waals surface area contributed by atoms with Crippen LogP contribution in [0.5, 0.6) is 0 Å². The molecule has 0 aliphatic rings. The minimum absolute atomic E-state index is 0.447. The van der Waals surface area contributed by atoms with Crippen molar-refractivity contribution in [2.75, 3.05) is 0 Å². The van der Waals surface area contributed by atoms with Crippen LogP contribution in [0, 0.1) is 5.82 Å². The first-order valence-electron chi connectivity index (χ1n) is 6.01. The molecule has 1 aromatic heterocycles. The summed E-state index contributed by atoms with van der Waals surface area (Å²) in [5, 5.41) is 12.4. The smallest absolute Gasteiger partial charge is 0.141 e. The van der Waals surface area contributed by atoms with E-state index in [9.17, 15) is 9.50 Å². The van der Waals surface area contributed by atoms with E-state index in [2.05, 4.69) is 4.98 Å². The molecule has 1 heterocycles. The van der Waals surface area contributed by atoms with E-state index in [1.54, 1.807) is 0 Å². The highest BCUT2D eigenvalue weighted by molar-refractivity contribution is 5.83. The Bertz CT molecular complexity index is 727. The van der Waals surface area contributed by atoms with Crippen molar-refractivity contribution in [3.63, 3.8) is 0 Å². The summed E-state index contributed by atoms with van der Waals surface area (Å²) in [7, 11) is 0. The van der Waals surface area contributed by atoms with Crippen LogP contribution in [0.1, 0.15) is 17.2 Å². The predicted octanol–water partition coefficient (Wildman–Crippen LogP) is 3.46. The van der Waals surface area contributed by atoms with Crippen molar-refractivity contribution in [1.29, 1.82) is 0 Å². The maximum absolute atomic E-state index is 13.1. The van der Waals surface area contributed by atoms with E-state index >= 15 is 0 Å². The van der Waals surface area contributed by atoms with Gasteiger partial charge in [-0.25, -0.2) is 4.39 Å². The number of rotatable bonds is 2. The predicted molar refractivity (Wildman–Crippen MR) is 72.2 cm³/mol. The van der Waals surface area contributed by atoms with Crippen LogP contribution < -0.4 is 0 Å². The average Bonchev–Trinajstić information content (AvgIpc) is 2.46. The Kier molecular flexibility index (Phi) is 2.97. The lowest BCUT2D eigenvalue weighted by atomic mass is 10.00. The van der Waals surface area contributed by atoms with Crippen LogP contribution >= 0.6 is 0 Å². The van der Waals surface area contributed by atoms with E-state index in [-0.39, 0.29) is 0 Å². The molecule has 0 aliphatic heterocycles. The Morgan fingerprint density at radius 3 is 2.47 bits per heavy atom. The molecule has 1 N–H and O–H groups in total. The monoisotopic (exact) mass is 253 g/mol. The molecule has 0 fully saturated rings. The Hall–Kier alpha value is -2.26. The van der Waals surface area contributed by atoms with Crippen molar-refractivity contribution in [3.05, 3.63) is 77.9 Å². The molecule has 0 spiro atoms. The molecule has 3 aromatic rings. The SMILES string of the molecule is OC(c1cncc(F)c1)c1ccc2ccccc2c1. The van der Waals surface area contributed by atoms with Crippen LogP contribution in [-0.2, 0) is 0 Å². The second-order valence-electron chi connectivity index (χ2n) is 4.45. The summed E-state index contributed by atoms with van der Waals surface area (Å²) in [5.41, 5.74) is 1.18. The molecule has 19 heavy (non-hydrogen) atoms. The van der Waals surface area contributed by atoms with Crippen molar-refractivity contribution in [2.24, 2.45) is 0 Å². The first kappa shape index (κ1) is 11.8.